The number of aromatic nitrogens is 3. The summed E-state index contributed by atoms with van der Waals surface area (Å²) in [5, 5.41) is 4.21. The predicted molar refractivity (Wildman–Crippen MR) is 79.3 cm³/mol. The average Bonchev–Trinajstić information content (AvgIpc) is 2.97. The van der Waals surface area contributed by atoms with Crippen LogP contribution in [0.3, 0.4) is 0 Å². The van der Waals surface area contributed by atoms with Crippen molar-refractivity contribution in [2.75, 3.05) is 0 Å². The van der Waals surface area contributed by atoms with E-state index in [1.807, 2.05) is 12.3 Å². The summed E-state index contributed by atoms with van der Waals surface area (Å²) in [4.78, 5) is 5.75. The van der Waals surface area contributed by atoms with Crippen LogP contribution < -0.4 is 11.3 Å². The molecule has 0 saturated carbocycles. The summed E-state index contributed by atoms with van der Waals surface area (Å²) in [5.74, 6) is 6.15. The third-order valence-electron chi connectivity index (χ3n) is 4.02. The van der Waals surface area contributed by atoms with Crippen LogP contribution in [0.25, 0.3) is 0 Å². The molecular weight excluding hydrogens is 270 g/mol. The molecule has 2 atom stereocenters. The van der Waals surface area contributed by atoms with Crippen molar-refractivity contribution in [3.8, 4) is 0 Å². The highest BCUT2D eigenvalue weighted by molar-refractivity contribution is 7.05. The third-order valence-corrected chi connectivity index (χ3v) is 4.87. The minimum Gasteiger partial charge on any atom is -0.271 e. The van der Waals surface area contributed by atoms with Gasteiger partial charge in [-0.2, -0.15) is 0 Å². The second-order valence-corrected chi connectivity index (χ2v) is 5.91. The van der Waals surface area contributed by atoms with E-state index in [2.05, 4.69) is 33.0 Å². The van der Waals surface area contributed by atoms with Gasteiger partial charge in [-0.3, -0.25) is 16.3 Å². The van der Waals surface area contributed by atoms with Crippen molar-refractivity contribution in [2.45, 2.75) is 44.6 Å². The number of pyridine rings is 1. The molecule has 0 aliphatic heterocycles. The number of hydrazine groups is 1. The molecule has 0 spiro atoms. The summed E-state index contributed by atoms with van der Waals surface area (Å²) in [6.07, 6.45) is 6.13. The van der Waals surface area contributed by atoms with E-state index >= 15 is 0 Å². The van der Waals surface area contributed by atoms with Crippen molar-refractivity contribution in [3.05, 3.63) is 40.2 Å². The summed E-state index contributed by atoms with van der Waals surface area (Å²) < 4.78 is 4.09. The van der Waals surface area contributed by atoms with Crippen LogP contribution in [0.5, 0.6) is 0 Å². The van der Waals surface area contributed by atoms with Crippen molar-refractivity contribution < 1.29 is 0 Å². The van der Waals surface area contributed by atoms with Gasteiger partial charge in [0.05, 0.1) is 16.6 Å². The van der Waals surface area contributed by atoms with Gasteiger partial charge >= 0.3 is 0 Å². The lowest BCUT2D eigenvalue weighted by atomic mass is 9.81. The van der Waals surface area contributed by atoms with Gasteiger partial charge in [0.15, 0.2) is 0 Å². The molecule has 1 aliphatic rings. The van der Waals surface area contributed by atoms with Crippen LogP contribution in [-0.2, 0) is 12.8 Å². The molecule has 5 nitrogen and oxygen atoms in total. The van der Waals surface area contributed by atoms with E-state index < -0.39 is 0 Å². The maximum Gasteiger partial charge on any atom is 0.0801 e. The molecule has 3 rings (SSSR count). The van der Waals surface area contributed by atoms with Gasteiger partial charge in [0.25, 0.3) is 0 Å². The zero-order valence-electron chi connectivity index (χ0n) is 11.5. The van der Waals surface area contributed by atoms with Crippen molar-refractivity contribution in [1.29, 1.82) is 0 Å². The predicted octanol–water partition coefficient (Wildman–Crippen LogP) is 2.12. The Kier molecular flexibility index (Phi) is 4.05. The molecule has 106 valence electrons. The summed E-state index contributed by atoms with van der Waals surface area (Å²) in [7, 11) is 0. The Balaban J connectivity index is 1.99. The van der Waals surface area contributed by atoms with E-state index in [1.54, 1.807) is 0 Å². The van der Waals surface area contributed by atoms with Crippen molar-refractivity contribution in [1.82, 2.24) is 20.0 Å². The SMILES string of the molecule is CCc1nnsc1C(NN)C1CCCc2cccnc21. The standard InChI is InChI=1S/C14H19N5S/c1-2-11-14(20-19-18-11)13(17-15)10-7-3-5-9-6-4-8-16-12(9)10/h4,6,8,10,13,17H,2-3,5,7,15H2,1H3. The molecule has 3 N–H and O–H groups in total. The Morgan fingerprint density at radius 1 is 1.55 bits per heavy atom. The van der Waals surface area contributed by atoms with Gasteiger partial charge in [-0.1, -0.05) is 17.5 Å². The summed E-state index contributed by atoms with van der Waals surface area (Å²) in [5.41, 5.74) is 6.55. The highest BCUT2D eigenvalue weighted by atomic mass is 32.1. The molecule has 0 aromatic carbocycles. The van der Waals surface area contributed by atoms with Crippen LogP contribution >= 0.6 is 11.5 Å². The van der Waals surface area contributed by atoms with Crippen LogP contribution in [-0.4, -0.2) is 14.6 Å². The highest BCUT2D eigenvalue weighted by Crippen LogP contribution is 2.40. The monoisotopic (exact) mass is 289 g/mol. The smallest absolute Gasteiger partial charge is 0.0801 e. The van der Waals surface area contributed by atoms with Crippen LogP contribution in [0.1, 0.15) is 53.6 Å². The minimum absolute atomic E-state index is 0.0545. The number of hydrogen-bond donors (Lipinski definition) is 2. The van der Waals surface area contributed by atoms with Crippen molar-refractivity contribution >= 4 is 11.5 Å². The van der Waals surface area contributed by atoms with Crippen molar-refractivity contribution in [3.63, 3.8) is 0 Å². The Bertz CT molecular complexity index is 582. The average molecular weight is 289 g/mol. The number of hydrogen-bond acceptors (Lipinski definition) is 6. The molecule has 0 bridgehead atoms. The first kappa shape index (κ1) is 13.6. The fourth-order valence-corrected chi connectivity index (χ4v) is 3.90. The molecule has 6 heteroatoms. The van der Waals surface area contributed by atoms with Gasteiger partial charge in [-0.25, -0.2) is 0 Å². The lowest BCUT2D eigenvalue weighted by molar-refractivity contribution is 0.402. The fourth-order valence-electron chi connectivity index (χ4n) is 3.04. The van der Waals surface area contributed by atoms with Crippen LogP contribution in [0.15, 0.2) is 18.3 Å². The number of aryl methyl sites for hydroxylation is 2. The van der Waals surface area contributed by atoms with Gasteiger partial charge in [0.1, 0.15) is 0 Å². The zero-order valence-corrected chi connectivity index (χ0v) is 12.4. The molecule has 0 fully saturated rings. The van der Waals surface area contributed by atoms with Crippen molar-refractivity contribution in [2.24, 2.45) is 5.84 Å². The topological polar surface area (TPSA) is 76.7 Å². The van der Waals surface area contributed by atoms with Gasteiger partial charge < -0.3 is 0 Å². The molecule has 2 heterocycles. The number of rotatable bonds is 4. The van der Waals surface area contributed by atoms with E-state index in [4.69, 9.17) is 5.84 Å². The lowest BCUT2D eigenvalue weighted by Gasteiger charge is -2.30. The Morgan fingerprint density at radius 3 is 3.25 bits per heavy atom. The Labute approximate surface area is 122 Å². The van der Waals surface area contributed by atoms with Gasteiger partial charge in [0.2, 0.25) is 0 Å². The Morgan fingerprint density at radius 2 is 2.45 bits per heavy atom. The number of nitrogens with zero attached hydrogens (tertiary/aromatic N) is 3. The maximum absolute atomic E-state index is 5.85. The number of nitrogens with two attached hydrogens (primary N) is 1. The molecular formula is C14H19N5S. The fraction of sp³-hybridized carbons (Fsp3) is 0.500. The Hall–Kier alpha value is -1.37. The molecule has 2 unspecified atom stereocenters. The van der Waals surface area contributed by atoms with Crippen LogP contribution in [0, 0.1) is 0 Å². The molecule has 0 saturated heterocycles. The largest absolute Gasteiger partial charge is 0.271 e. The van der Waals surface area contributed by atoms with E-state index in [0.29, 0.717) is 5.92 Å². The molecule has 1 aliphatic carbocycles. The summed E-state index contributed by atoms with van der Waals surface area (Å²) in [6, 6.07) is 4.24. The second-order valence-electron chi connectivity index (χ2n) is 5.13. The molecule has 2 aromatic rings. The van der Waals surface area contributed by atoms with Crippen LogP contribution in [0.4, 0.5) is 0 Å². The second kappa shape index (κ2) is 5.95. The minimum atomic E-state index is 0.0545. The summed E-state index contributed by atoms with van der Waals surface area (Å²) in [6.45, 7) is 2.10. The van der Waals surface area contributed by atoms with Gasteiger partial charge in [-0.15, -0.1) is 5.10 Å². The normalized spacial score (nSPS) is 19.6. The third kappa shape index (κ3) is 2.34. The molecule has 0 radical (unpaired) electrons. The zero-order chi connectivity index (χ0) is 13.9. The number of nitrogens with one attached hydrogen (secondary N) is 1. The quantitative estimate of drug-likeness (QED) is 0.666. The van der Waals surface area contributed by atoms with E-state index in [0.717, 1.165) is 29.8 Å². The molecule has 20 heavy (non-hydrogen) atoms. The molecule has 0 amide bonds. The lowest BCUT2D eigenvalue weighted by Crippen LogP contribution is -2.34. The number of fused-ring (bicyclic) bond motifs is 1. The first-order chi connectivity index (χ1) is 9.85. The first-order valence-electron chi connectivity index (χ1n) is 7.06. The van der Waals surface area contributed by atoms with Gasteiger partial charge in [-0.05, 0) is 48.8 Å². The first-order valence-corrected chi connectivity index (χ1v) is 7.83. The summed E-state index contributed by atoms with van der Waals surface area (Å²) >= 11 is 1.44. The maximum atomic E-state index is 5.85. The highest BCUT2D eigenvalue weighted by Gasteiger charge is 2.32. The molecule has 2 aromatic heterocycles. The van der Waals surface area contributed by atoms with E-state index in [9.17, 15) is 0 Å². The van der Waals surface area contributed by atoms with Crippen LogP contribution in [0.2, 0.25) is 0 Å². The van der Waals surface area contributed by atoms with E-state index in [-0.39, 0.29) is 6.04 Å². The van der Waals surface area contributed by atoms with E-state index in [1.165, 1.54) is 29.2 Å². The van der Waals surface area contributed by atoms with Gasteiger partial charge in [0, 0.05) is 17.8 Å².